The van der Waals surface area contributed by atoms with Crippen molar-refractivity contribution in [1.29, 1.82) is 0 Å². The number of aryl methyl sites for hydroxylation is 2. The first-order valence-electron chi connectivity index (χ1n) is 10.7. The Morgan fingerprint density at radius 1 is 1.18 bits per heavy atom. The van der Waals surface area contributed by atoms with E-state index in [1.807, 2.05) is 31.2 Å². The van der Waals surface area contributed by atoms with Crippen molar-refractivity contribution >= 4 is 11.7 Å². The van der Waals surface area contributed by atoms with Crippen molar-refractivity contribution in [2.75, 3.05) is 5.32 Å². The van der Waals surface area contributed by atoms with Gasteiger partial charge in [-0.2, -0.15) is 18.3 Å². The summed E-state index contributed by atoms with van der Waals surface area (Å²) in [5.74, 6) is -0.884. The van der Waals surface area contributed by atoms with Gasteiger partial charge in [-0.15, -0.1) is 0 Å². The molecule has 1 aliphatic rings. The smallest absolute Gasteiger partial charge is 0.363 e. The Morgan fingerprint density at radius 3 is 2.52 bits per heavy atom. The van der Waals surface area contributed by atoms with Crippen molar-refractivity contribution in [3.63, 3.8) is 0 Å². The van der Waals surface area contributed by atoms with E-state index < -0.39 is 24.2 Å². The molecular weight excluding hydrogens is 436 g/mol. The molecule has 0 radical (unpaired) electrons. The second kappa shape index (κ2) is 8.88. The monoisotopic (exact) mass is 460 g/mol. The van der Waals surface area contributed by atoms with Crippen LogP contribution in [-0.4, -0.2) is 21.9 Å². The molecule has 0 aliphatic carbocycles. The van der Waals surface area contributed by atoms with E-state index >= 15 is 0 Å². The van der Waals surface area contributed by atoms with Crippen LogP contribution in [0.1, 0.15) is 58.0 Å². The molecule has 1 amide bonds. The summed E-state index contributed by atoms with van der Waals surface area (Å²) in [6.45, 7) is 3.72. The maximum absolute atomic E-state index is 13.9. The lowest BCUT2D eigenvalue weighted by Crippen LogP contribution is -2.36. The van der Waals surface area contributed by atoms with Crippen molar-refractivity contribution < 1.29 is 22.4 Å². The molecule has 0 saturated heterocycles. The normalized spacial score (nSPS) is 17.9. The molecule has 0 fully saturated rings. The standard InChI is InChI=1S/C24H24F4N4O/c1-3-15-4-7-17(8-5-15)20-11-21(24(26,27)28)32-22(31-20)18(13-30-32)23(33)29-12-16-6-9-19(25)14(2)10-16/h4-10,13,20-21,31H,3,11-12H2,1-2H3,(H,29,33). The number of amides is 1. The fraction of sp³-hybridized carbons (Fsp3) is 0.333. The minimum absolute atomic E-state index is 0.0259. The molecule has 2 N–H and O–H groups in total. The summed E-state index contributed by atoms with van der Waals surface area (Å²) >= 11 is 0. The van der Waals surface area contributed by atoms with Crippen LogP contribution in [0.2, 0.25) is 0 Å². The highest BCUT2D eigenvalue weighted by atomic mass is 19.4. The van der Waals surface area contributed by atoms with E-state index in [4.69, 9.17) is 0 Å². The van der Waals surface area contributed by atoms with Gasteiger partial charge in [0, 0.05) is 13.0 Å². The summed E-state index contributed by atoms with van der Waals surface area (Å²) in [5.41, 5.74) is 2.94. The number of hydrogen-bond donors (Lipinski definition) is 2. The second-order valence-electron chi connectivity index (χ2n) is 8.20. The van der Waals surface area contributed by atoms with Gasteiger partial charge in [0.25, 0.3) is 5.91 Å². The number of fused-ring (bicyclic) bond motifs is 1. The van der Waals surface area contributed by atoms with Crippen LogP contribution < -0.4 is 10.6 Å². The number of nitrogens with one attached hydrogen (secondary N) is 2. The van der Waals surface area contributed by atoms with E-state index in [9.17, 15) is 22.4 Å². The van der Waals surface area contributed by atoms with E-state index in [0.717, 1.165) is 22.9 Å². The van der Waals surface area contributed by atoms with Gasteiger partial charge in [-0.3, -0.25) is 4.79 Å². The minimum atomic E-state index is -4.52. The first-order chi connectivity index (χ1) is 15.7. The molecule has 0 saturated carbocycles. The van der Waals surface area contributed by atoms with E-state index in [-0.39, 0.29) is 30.2 Å². The molecule has 2 atom stereocenters. The van der Waals surface area contributed by atoms with Gasteiger partial charge in [0.05, 0.1) is 12.2 Å². The molecule has 4 rings (SSSR count). The van der Waals surface area contributed by atoms with Crippen LogP contribution in [0.25, 0.3) is 0 Å². The maximum Gasteiger partial charge on any atom is 0.410 e. The lowest BCUT2D eigenvalue weighted by Gasteiger charge is -2.34. The molecule has 1 aliphatic heterocycles. The van der Waals surface area contributed by atoms with E-state index in [2.05, 4.69) is 15.7 Å². The molecular formula is C24H24F4N4O. The number of halogens is 4. The average Bonchev–Trinajstić information content (AvgIpc) is 3.22. The van der Waals surface area contributed by atoms with Gasteiger partial charge < -0.3 is 10.6 Å². The van der Waals surface area contributed by atoms with Crippen LogP contribution in [0.4, 0.5) is 23.4 Å². The van der Waals surface area contributed by atoms with E-state index in [1.54, 1.807) is 19.1 Å². The van der Waals surface area contributed by atoms with Crippen LogP contribution in [0.15, 0.2) is 48.7 Å². The van der Waals surface area contributed by atoms with Crippen molar-refractivity contribution in [1.82, 2.24) is 15.1 Å². The van der Waals surface area contributed by atoms with Crippen molar-refractivity contribution in [3.8, 4) is 0 Å². The third kappa shape index (κ3) is 4.72. The molecule has 33 heavy (non-hydrogen) atoms. The number of hydrogen-bond acceptors (Lipinski definition) is 3. The Bertz CT molecular complexity index is 1150. The zero-order valence-electron chi connectivity index (χ0n) is 18.2. The molecule has 5 nitrogen and oxygen atoms in total. The van der Waals surface area contributed by atoms with Crippen LogP contribution in [0.3, 0.4) is 0 Å². The number of nitrogens with zero attached hydrogens (tertiary/aromatic N) is 2. The van der Waals surface area contributed by atoms with Gasteiger partial charge in [-0.25, -0.2) is 9.07 Å². The summed E-state index contributed by atoms with van der Waals surface area (Å²) in [4.78, 5) is 12.8. The summed E-state index contributed by atoms with van der Waals surface area (Å²) in [7, 11) is 0. The molecule has 2 unspecified atom stereocenters. The molecule has 0 spiro atoms. The van der Waals surface area contributed by atoms with Crippen LogP contribution >= 0.6 is 0 Å². The van der Waals surface area contributed by atoms with Gasteiger partial charge >= 0.3 is 6.18 Å². The average molecular weight is 460 g/mol. The summed E-state index contributed by atoms with van der Waals surface area (Å²) in [6, 6.07) is 9.39. The van der Waals surface area contributed by atoms with Gasteiger partial charge in [-0.1, -0.05) is 43.3 Å². The highest BCUT2D eigenvalue weighted by Crippen LogP contribution is 2.44. The van der Waals surface area contributed by atoms with Gasteiger partial charge in [0.1, 0.15) is 17.2 Å². The number of aromatic nitrogens is 2. The predicted molar refractivity (Wildman–Crippen MR) is 116 cm³/mol. The van der Waals surface area contributed by atoms with E-state index in [1.165, 1.54) is 6.07 Å². The highest BCUT2D eigenvalue weighted by Gasteiger charge is 2.47. The zero-order chi connectivity index (χ0) is 23.8. The van der Waals surface area contributed by atoms with Crippen molar-refractivity contribution in [2.24, 2.45) is 0 Å². The lowest BCUT2D eigenvalue weighted by atomic mass is 9.95. The maximum atomic E-state index is 13.9. The Hall–Kier alpha value is -3.36. The second-order valence-corrected chi connectivity index (χ2v) is 8.20. The largest absolute Gasteiger partial charge is 0.410 e. The SMILES string of the molecule is CCc1ccc(C2CC(C(F)(F)F)n3ncc(C(=O)NCc4ccc(F)c(C)c4)c3N2)cc1. The Labute approximate surface area is 188 Å². The zero-order valence-corrected chi connectivity index (χ0v) is 18.2. The first kappa shape index (κ1) is 22.8. The summed E-state index contributed by atoms with van der Waals surface area (Å²) in [6.07, 6.45) is -2.79. The van der Waals surface area contributed by atoms with Gasteiger partial charge in [0.2, 0.25) is 0 Å². The number of alkyl halides is 3. The third-order valence-electron chi connectivity index (χ3n) is 5.95. The highest BCUT2D eigenvalue weighted by molar-refractivity contribution is 5.98. The fourth-order valence-electron chi connectivity index (χ4n) is 4.03. The van der Waals surface area contributed by atoms with Crippen LogP contribution in [0.5, 0.6) is 0 Å². The molecule has 2 aromatic carbocycles. The number of carbonyl (C=O) groups is 1. The number of carbonyl (C=O) groups excluding carboxylic acids is 1. The van der Waals surface area contributed by atoms with Crippen LogP contribution in [0, 0.1) is 12.7 Å². The number of benzene rings is 2. The van der Waals surface area contributed by atoms with Crippen molar-refractivity contribution in [3.05, 3.63) is 82.3 Å². The van der Waals surface area contributed by atoms with Crippen LogP contribution in [-0.2, 0) is 13.0 Å². The molecule has 174 valence electrons. The number of anilines is 1. The van der Waals surface area contributed by atoms with E-state index in [0.29, 0.717) is 16.7 Å². The van der Waals surface area contributed by atoms with Gasteiger partial charge in [-0.05, 0) is 41.7 Å². The Kier molecular flexibility index (Phi) is 6.14. The minimum Gasteiger partial charge on any atom is -0.363 e. The fourth-order valence-corrected chi connectivity index (χ4v) is 4.03. The molecule has 2 heterocycles. The third-order valence-corrected chi connectivity index (χ3v) is 5.95. The van der Waals surface area contributed by atoms with Gasteiger partial charge in [0.15, 0.2) is 6.04 Å². The first-order valence-corrected chi connectivity index (χ1v) is 10.7. The lowest BCUT2D eigenvalue weighted by molar-refractivity contribution is -0.173. The van der Waals surface area contributed by atoms with Crippen molar-refractivity contribution in [2.45, 2.75) is 51.5 Å². The Morgan fingerprint density at radius 2 is 1.88 bits per heavy atom. The Balaban J connectivity index is 1.60. The topological polar surface area (TPSA) is 59.0 Å². The number of rotatable bonds is 5. The summed E-state index contributed by atoms with van der Waals surface area (Å²) in [5, 5.41) is 9.66. The quantitative estimate of drug-likeness (QED) is 0.496. The molecule has 1 aromatic heterocycles. The summed E-state index contributed by atoms with van der Waals surface area (Å²) < 4.78 is 55.9. The predicted octanol–water partition coefficient (Wildman–Crippen LogP) is 5.48. The molecule has 3 aromatic rings. The molecule has 9 heteroatoms. The molecule has 0 bridgehead atoms.